The SMILES string of the molecule is COC(=O)c1ccc(-c2cn(CC3CCC(C)(F)CC3)c3cc(-c4c(C)noc4C)cnc23)cn1. The number of rotatable bonds is 5. The van der Waals surface area contributed by atoms with Crippen LogP contribution < -0.4 is 0 Å². The van der Waals surface area contributed by atoms with Crippen LogP contribution in [0, 0.1) is 19.8 Å². The van der Waals surface area contributed by atoms with Crippen molar-refractivity contribution in [3.63, 3.8) is 0 Å². The molecule has 0 bridgehead atoms. The Balaban J connectivity index is 1.58. The van der Waals surface area contributed by atoms with Gasteiger partial charge in [-0.05, 0) is 64.5 Å². The van der Waals surface area contributed by atoms with Crippen molar-refractivity contribution in [1.29, 1.82) is 0 Å². The van der Waals surface area contributed by atoms with Crippen molar-refractivity contribution in [1.82, 2.24) is 19.7 Å². The van der Waals surface area contributed by atoms with E-state index in [0.717, 1.165) is 64.1 Å². The zero-order chi connectivity index (χ0) is 24.7. The lowest BCUT2D eigenvalue weighted by Crippen LogP contribution is -2.27. The average Bonchev–Trinajstić information content (AvgIpc) is 3.38. The van der Waals surface area contributed by atoms with Crippen LogP contribution in [-0.4, -0.2) is 38.4 Å². The van der Waals surface area contributed by atoms with E-state index in [9.17, 15) is 9.18 Å². The molecule has 8 heteroatoms. The quantitative estimate of drug-likeness (QED) is 0.325. The number of hydrogen-bond donors (Lipinski definition) is 0. The highest BCUT2D eigenvalue weighted by Crippen LogP contribution is 2.38. The van der Waals surface area contributed by atoms with E-state index in [1.54, 1.807) is 19.2 Å². The average molecular weight is 477 g/mol. The number of halogens is 1. The third kappa shape index (κ3) is 4.45. The number of pyridine rings is 2. The lowest BCUT2D eigenvalue weighted by molar-refractivity contribution is 0.0594. The highest BCUT2D eigenvalue weighted by atomic mass is 19.1. The normalized spacial score (nSPS) is 20.3. The zero-order valence-electron chi connectivity index (χ0n) is 20.5. The highest BCUT2D eigenvalue weighted by Gasteiger charge is 2.31. The molecule has 7 nitrogen and oxygen atoms in total. The number of carbonyl (C=O) groups is 1. The summed E-state index contributed by atoms with van der Waals surface area (Å²) in [6.45, 7) is 6.31. The molecule has 5 rings (SSSR count). The topological polar surface area (TPSA) is 83.0 Å². The van der Waals surface area contributed by atoms with Crippen molar-refractivity contribution in [3.8, 4) is 22.3 Å². The third-order valence-corrected chi connectivity index (χ3v) is 7.11. The van der Waals surface area contributed by atoms with E-state index in [1.165, 1.54) is 7.11 Å². The molecule has 0 aromatic carbocycles. The highest BCUT2D eigenvalue weighted by molar-refractivity contribution is 5.95. The van der Waals surface area contributed by atoms with Crippen LogP contribution in [0.3, 0.4) is 0 Å². The standard InChI is InChI=1S/C27H29FN4O3/c1-16-24(17(2)35-31-16)20-11-23-25(30-13-20)21(19-5-6-22(29-12-19)26(33)34-4)15-32(23)14-18-7-9-27(3,28)10-8-18/h5-6,11-13,15,18H,7-10,14H2,1-4H3. The summed E-state index contributed by atoms with van der Waals surface area (Å²) in [6.07, 6.45) is 8.49. The predicted octanol–water partition coefficient (Wildman–Crippen LogP) is 6.08. The Morgan fingerprint density at radius 1 is 1.20 bits per heavy atom. The molecule has 1 aliphatic rings. The molecule has 0 amide bonds. The first-order valence-corrected chi connectivity index (χ1v) is 11.9. The maximum Gasteiger partial charge on any atom is 0.356 e. The summed E-state index contributed by atoms with van der Waals surface area (Å²) in [5.74, 6) is 0.669. The van der Waals surface area contributed by atoms with Crippen LogP contribution in [0.15, 0.2) is 41.3 Å². The van der Waals surface area contributed by atoms with Gasteiger partial charge >= 0.3 is 5.97 Å². The molecule has 0 spiro atoms. The number of hydrogen-bond acceptors (Lipinski definition) is 6. The van der Waals surface area contributed by atoms with Gasteiger partial charge in [-0.2, -0.15) is 0 Å². The van der Waals surface area contributed by atoms with Gasteiger partial charge in [-0.25, -0.2) is 14.2 Å². The molecule has 0 atom stereocenters. The van der Waals surface area contributed by atoms with Crippen LogP contribution in [0.2, 0.25) is 0 Å². The first-order valence-electron chi connectivity index (χ1n) is 11.9. The van der Waals surface area contributed by atoms with E-state index in [4.69, 9.17) is 14.2 Å². The van der Waals surface area contributed by atoms with Crippen LogP contribution in [0.25, 0.3) is 33.3 Å². The van der Waals surface area contributed by atoms with Gasteiger partial charge in [0.15, 0.2) is 0 Å². The van der Waals surface area contributed by atoms with Crippen LogP contribution in [0.1, 0.15) is 54.5 Å². The smallest absolute Gasteiger partial charge is 0.356 e. The Labute approximate surface area is 203 Å². The van der Waals surface area contributed by atoms with Gasteiger partial charge in [-0.1, -0.05) is 11.2 Å². The summed E-state index contributed by atoms with van der Waals surface area (Å²) < 4.78 is 26.8. The fourth-order valence-corrected chi connectivity index (χ4v) is 5.08. The molecule has 0 saturated heterocycles. The Bertz CT molecular complexity index is 1360. The molecule has 0 N–H and O–H groups in total. The minimum atomic E-state index is -1.06. The van der Waals surface area contributed by atoms with Crippen LogP contribution in [-0.2, 0) is 11.3 Å². The third-order valence-electron chi connectivity index (χ3n) is 7.11. The molecule has 1 fully saturated rings. The first-order chi connectivity index (χ1) is 16.8. The number of methoxy groups -OCH3 is 1. The van der Waals surface area contributed by atoms with Crippen molar-refractivity contribution in [2.45, 2.75) is 58.7 Å². The molecule has 1 aliphatic carbocycles. The maximum atomic E-state index is 14.4. The number of nitrogens with zero attached hydrogens (tertiary/aromatic N) is 4. The van der Waals surface area contributed by atoms with Crippen molar-refractivity contribution in [2.24, 2.45) is 5.92 Å². The molecule has 0 unspecified atom stereocenters. The van der Waals surface area contributed by atoms with Crippen molar-refractivity contribution in [3.05, 3.63) is 53.9 Å². The molecule has 4 aromatic heterocycles. The summed E-state index contributed by atoms with van der Waals surface area (Å²) >= 11 is 0. The van der Waals surface area contributed by atoms with E-state index < -0.39 is 11.6 Å². The van der Waals surface area contributed by atoms with Gasteiger partial charge in [0.1, 0.15) is 17.1 Å². The van der Waals surface area contributed by atoms with Gasteiger partial charge in [-0.15, -0.1) is 0 Å². The van der Waals surface area contributed by atoms with E-state index in [0.29, 0.717) is 18.8 Å². The van der Waals surface area contributed by atoms with Gasteiger partial charge in [0.05, 0.1) is 23.8 Å². The lowest BCUT2D eigenvalue weighted by atomic mass is 9.81. The Kier molecular flexibility index (Phi) is 5.91. The molecule has 1 saturated carbocycles. The fourth-order valence-electron chi connectivity index (χ4n) is 5.08. The molecular formula is C27H29FN4O3. The zero-order valence-corrected chi connectivity index (χ0v) is 20.5. The number of aryl methyl sites for hydroxylation is 2. The second kappa shape index (κ2) is 8.91. The second-order valence-corrected chi connectivity index (χ2v) is 9.77. The predicted molar refractivity (Wildman–Crippen MR) is 131 cm³/mol. The lowest BCUT2D eigenvalue weighted by Gasteiger charge is -2.31. The largest absolute Gasteiger partial charge is 0.464 e. The van der Waals surface area contributed by atoms with Crippen LogP contribution in [0.4, 0.5) is 4.39 Å². The van der Waals surface area contributed by atoms with Crippen molar-refractivity contribution >= 4 is 17.0 Å². The number of ether oxygens (including phenoxy) is 1. The number of carbonyl (C=O) groups excluding carboxylic acids is 1. The molecule has 0 radical (unpaired) electrons. The summed E-state index contributed by atoms with van der Waals surface area (Å²) in [4.78, 5) is 20.9. The minimum Gasteiger partial charge on any atom is -0.464 e. The Hall–Kier alpha value is -3.55. The molecule has 4 heterocycles. The summed E-state index contributed by atoms with van der Waals surface area (Å²) in [5.41, 5.74) is 5.53. The maximum absolute atomic E-state index is 14.4. The number of alkyl halides is 1. The Morgan fingerprint density at radius 2 is 1.94 bits per heavy atom. The summed E-state index contributed by atoms with van der Waals surface area (Å²) in [5, 5.41) is 4.09. The van der Waals surface area contributed by atoms with Gasteiger partial charge in [0.25, 0.3) is 0 Å². The van der Waals surface area contributed by atoms with Crippen molar-refractivity contribution in [2.75, 3.05) is 7.11 Å². The first kappa shape index (κ1) is 23.2. The van der Waals surface area contributed by atoms with Crippen LogP contribution in [0.5, 0.6) is 0 Å². The summed E-state index contributed by atoms with van der Waals surface area (Å²) in [6, 6.07) is 5.64. The summed E-state index contributed by atoms with van der Waals surface area (Å²) in [7, 11) is 1.34. The van der Waals surface area contributed by atoms with Crippen molar-refractivity contribution < 1.29 is 18.4 Å². The van der Waals surface area contributed by atoms with Gasteiger partial charge in [-0.3, -0.25) is 4.98 Å². The van der Waals surface area contributed by atoms with E-state index in [-0.39, 0.29) is 5.69 Å². The number of aromatic nitrogens is 4. The number of fused-ring (bicyclic) bond motifs is 1. The molecule has 4 aromatic rings. The van der Waals surface area contributed by atoms with E-state index in [1.807, 2.05) is 26.1 Å². The van der Waals surface area contributed by atoms with Gasteiger partial charge in [0.2, 0.25) is 0 Å². The molecular weight excluding hydrogens is 447 g/mol. The van der Waals surface area contributed by atoms with Crippen LogP contribution >= 0.6 is 0 Å². The van der Waals surface area contributed by atoms with E-state index >= 15 is 0 Å². The minimum absolute atomic E-state index is 0.255. The van der Waals surface area contributed by atoms with E-state index in [2.05, 4.69) is 27.0 Å². The monoisotopic (exact) mass is 476 g/mol. The second-order valence-electron chi connectivity index (χ2n) is 9.77. The molecule has 0 aliphatic heterocycles. The fraction of sp³-hybridized carbons (Fsp3) is 0.407. The molecule has 35 heavy (non-hydrogen) atoms. The number of esters is 1. The molecule has 182 valence electrons. The van der Waals surface area contributed by atoms with Gasteiger partial charge < -0.3 is 13.8 Å². The Morgan fingerprint density at radius 3 is 2.57 bits per heavy atom. The van der Waals surface area contributed by atoms with Gasteiger partial charge in [0, 0.05) is 47.4 Å².